The van der Waals surface area contributed by atoms with Crippen molar-refractivity contribution in [2.75, 3.05) is 14.2 Å². The molecule has 0 aliphatic carbocycles. The van der Waals surface area contributed by atoms with Crippen LogP contribution in [-0.2, 0) is 4.84 Å². The van der Waals surface area contributed by atoms with Crippen LogP contribution >= 0.6 is 0 Å². The van der Waals surface area contributed by atoms with Gasteiger partial charge in [-0.3, -0.25) is 9.63 Å². The van der Waals surface area contributed by atoms with E-state index in [4.69, 9.17) is 4.84 Å². The van der Waals surface area contributed by atoms with Crippen LogP contribution in [0.2, 0.25) is 0 Å². The van der Waals surface area contributed by atoms with Gasteiger partial charge in [0.2, 0.25) is 0 Å². The highest BCUT2D eigenvalue weighted by molar-refractivity contribution is 6.17. The van der Waals surface area contributed by atoms with Crippen molar-refractivity contribution >= 4 is 27.5 Å². The molecule has 0 spiro atoms. The number of nitrogens with zero attached hydrogens (tertiary/aromatic N) is 1. The van der Waals surface area contributed by atoms with Crippen molar-refractivity contribution in [3.8, 4) is 0 Å². The van der Waals surface area contributed by atoms with Gasteiger partial charge in [0.25, 0.3) is 5.91 Å². The summed E-state index contributed by atoms with van der Waals surface area (Å²) in [7, 11) is 3.12. The molecule has 0 unspecified atom stereocenters. The van der Waals surface area contributed by atoms with Gasteiger partial charge in [-0.25, -0.2) is 5.06 Å². The molecule has 0 radical (unpaired) electrons. The van der Waals surface area contributed by atoms with Crippen LogP contribution in [0.15, 0.2) is 54.6 Å². The molecule has 0 saturated carbocycles. The molecule has 0 N–H and O–H groups in total. The normalized spacial score (nSPS) is 10.9. The topological polar surface area (TPSA) is 29.5 Å². The summed E-state index contributed by atoms with van der Waals surface area (Å²) in [6.45, 7) is 0. The molecule has 0 aromatic heterocycles. The van der Waals surface area contributed by atoms with Gasteiger partial charge in [0.05, 0.1) is 12.7 Å². The number of carbonyl (C=O) groups is 1. The number of rotatable bonds is 2. The summed E-state index contributed by atoms with van der Waals surface area (Å²) in [5, 5.41) is 5.26. The minimum atomic E-state index is -0.138. The Kier molecular flexibility index (Phi) is 3.12. The van der Waals surface area contributed by atoms with Crippen molar-refractivity contribution in [1.82, 2.24) is 5.06 Å². The number of benzene rings is 3. The molecule has 1 amide bonds. The number of fused-ring (bicyclic) bond motifs is 2. The maximum Gasteiger partial charge on any atom is 0.278 e. The van der Waals surface area contributed by atoms with E-state index in [1.807, 2.05) is 48.5 Å². The molecule has 0 bridgehead atoms. The summed E-state index contributed by atoms with van der Waals surface area (Å²) < 4.78 is 0. The summed E-state index contributed by atoms with van der Waals surface area (Å²) in [6.07, 6.45) is 0. The zero-order valence-electron chi connectivity index (χ0n) is 11.5. The average Bonchev–Trinajstić information content (AvgIpc) is 2.51. The molecule has 0 heterocycles. The van der Waals surface area contributed by atoms with Crippen LogP contribution in [-0.4, -0.2) is 25.1 Å². The highest BCUT2D eigenvalue weighted by atomic mass is 16.7. The predicted molar refractivity (Wildman–Crippen MR) is 80.6 cm³/mol. The van der Waals surface area contributed by atoms with Gasteiger partial charge in [-0.2, -0.15) is 0 Å². The summed E-state index contributed by atoms with van der Waals surface area (Å²) in [5.74, 6) is -0.138. The standard InChI is InChI=1S/C17H15NO2/c1-18(20-2)17(19)16-14-9-5-3-7-12(14)11-13-8-4-6-10-15(13)16/h3-11H,1-2H3. The Morgan fingerprint density at radius 2 is 1.45 bits per heavy atom. The van der Waals surface area contributed by atoms with Crippen molar-refractivity contribution in [3.63, 3.8) is 0 Å². The highest BCUT2D eigenvalue weighted by Gasteiger charge is 2.18. The van der Waals surface area contributed by atoms with E-state index in [-0.39, 0.29) is 5.91 Å². The second-order valence-corrected chi connectivity index (χ2v) is 4.68. The third kappa shape index (κ3) is 1.92. The van der Waals surface area contributed by atoms with Gasteiger partial charge in [-0.05, 0) is 27.6 Å². The molecule has 0 aliphatic rings. The first kappa shape index (κ1) is 12.6. The predicted octanol–water partition coefficient (Wildman–Crippen LogP) is 3.63. The lowest BCUT2D eigenvalue weighted by Gasteiger charge is -2.17. The lowest BCUT2D eigenvalue weighted by molar-refractivity contribution is -0.0754. The smallest absolute Gasteiger partial charge is 0.274 e. The molecular formula is C17H15NO2. The van der Waals surface area contributed by atoms with E-state index in [0.717, 1.165) is 21.5 Å². The van der Waals surface area contributed by atoms with Crippen LogP contribution in [0.5, 0.6) is 0 Å². The fourth-order valence-corrected chi connectivity index (χ4v) is 2.48. The molecule has 3 rings (SSSR count). The second kappa shape index (κ2) is 4.94. The first-order valence-electron chi connectivity index (χ1n) is 6.45. The van der Waals surface area contributed by atoms with E-state index in [0.29, 0.717) is 5.56 Å². The number of hydrogen-bond acceptors (Lipinski definition) is 2. The highest BCUT2D eigenvalue weighted by Crippen LogP contribution is 2.29. The number of hydrogen-bond donors (Lipinski definition) is 0. The molecular weight excluding hydrogens is 250 g/mol. The van der Waals surface area contributed by atoms with Gasteiger partial charge < -0.3 is 0 Å². The Bertz CT molecular complexity index is 741. The van der Waals surface area contributed by atoms with Gasteiger partial charge in [0.15, 0.2) is 0 Å². The Labute approximate surface area is 117 Å². The molecule has 3 nitrogen and oxygen atoms in total. The summed E-state index contributed by atoms with van der Waals surface area (Å²) in [4.78, 5) is 17.7. The van der Waals surface area contributed by atoms with E-state index < -0.39 is 0 Å². The van der Waals surface area contributed by atoms with Crippen molar-refractivity contribution in [2.24, 2.45) is 0 Å². The number of hydroxylamine groups is 2. The zero-order chi connectivity index (χ0) is 14.1. The van der Waals surface area contributed by atoms with Crippen LogP contribution in [0.4, 0.5) is 0 Å². The molecule has 0 saturated heterocycles. The molecule has 0 atom stereocenters. The van der Waals surface area contributed by atoms with Crippen LogP contribution in [0.3, 0.4) is 0 Å². The molecule has 3 aromatic carbocycles. The molecule has 20 heavy (non-hydrogen) atoms. The third-order valence-corrected chi connectivity index (χ3v) is 3.54. The van der Waals surface area contributed by atoms with Crippen LogP contribution in [0, 0.1) is 0 Å². The first-order chi connectivity index (χ1) is 9.72. The third-order valence-electron chi connectivity index (χ3n) is 3.54. The molecule has 100 valence electrons. The fourth-order valence-electron chi connectivity index (χ4n) is 2.48. The SMILES string of the molecule is CON(C)C(=O)c1c2ccccc2cc2ccccc12. The number of carbonyl (C=O) groups excluding carboxylic acids is 1. The summed E-state index contributed by atoms with van der Waals surface area (Å²) in [5.41, 5.74) is 0.683. The largest absolute Gasteiger partial charge is 0.278 e. The van der Waals surface area contributed by atoms with Gasteiger partial charge >= 0.3 is 0 Å². The lowest BCUT2D eigenvalue weighted by atomic mass is 9.96. The Balaban J connectivity index is 2.42. The quantitative estimate of drug-likeness (QED) is 0.523. The van der Waals surface area contributed by atoms with E-state index in [1.165, 1.54) is 12.2 Å². The Morgan fingerprint density at radius 3 is 1.95 bits per heavy atom. The maximum absolute atomic E-state index is 12.6. The van der Waals surface area contributed by atoms with E-state index in [2.05, 4.69) is 6.07 Å². The second-order valence-electron chi connectivity index (χ2n) is 4.68. The van der Waals surface area contributed by atoms with Gasteiger partial charge in [0, 0.05) is 7.05 Å². The minimum absolute atomic E-state index is 0.138. The van der Waals surface area contributed by atoms with E-state index in [9.17, 15) is 4.79 Å². The fraction of sp³-hybridized carbons (Fsp3) is 0.118. The monoisotopic (exact) mass is 265 g/mol. The number of amides is 1. The van der Waals surface area contributed by atoms with Gasteiger partial charge in [-0.1, -0.05) is 48.5 Å². The van der Waals surface area contributed by atoms with E-state index in [1.54, 1.807) is 7.05 Å². The van der Waals surface area contributed by atoms with Gasteiger partial charge in [0.1, 0.15) is 0 Å². The summed E-state index contributed by atoms with van der Waals surface area (Å²) in [6, 6.07) is 17.9. The molecule has 0 fully saturated rings. The van der Waals surface area contributed by atoms with Crippen LogP contribution < -0.4 is 0 Å². The molecule has 3 heteroatoms. The molecule has 3 aromatic rings. The summed E-state index contributed by atoms with van der Waals surface area (Å²) >= 11 is 0. The van der Waals surface area contributed by atoms with Crippen molar-refractivity contribution in [1.29, 1.82) is 0 Å². The first-order valence-corrected chi connectivity index (χ1v) is 6.45. The van der Waals surface area contributed by atoms with E-state index >= 15 is 0 Å². The maximum atomic E-state index is 12.6. The van der Waals surface area contributed by atoms with Crippen molar-refractivity contribution in [3.05, 3.63) is 60.2 Å². The average molecular weight is 265 g/mol. The lowest BCUT2D eigenvalue weighted by Crippen LogP contribution is -2.25. The van der Waals surface area contributed by atoms with Crippen LogP contribution in [0.25, 0.3) is 21.5 Å². The zero-order valence-corrected chi connectivity index (χ0v) is 11.5. The Morgan fingerprint density at radius 1 is 0.950 bits per heavy atom. The Hall–Kier alpha value is -2.39. The van der Waals surface area contributed by atoms with Gasteiger partial charge in [-0.15, -0.1) is 0 Å². The van der Waals surface area contributed by atoms with Crippen LogP contribution in [0.1, 0.15) is 10.4 Å². The molecule has 0 aliphatic heterocycles. The van der Waals surface area contributed by atoms with Crippen molar-refractivity contribution < 1.29 is 9.63 Å². The minimum Gasteiger partial charge on any atom is -0.274 e. The van der Waals surface area contributed by atoms with Crippen molar-refractivity contribution in [2.45, 2.75) is 0 Å².